The second-order valence-electron chi connectivity index (χ2n) is 6.76. The zero-order valence-corrected chi connectivity index (χ0v) is 15.7. The quantitative estimate of drug-likeness (QED) is 0.568. The Kier molecular flexibility index (Phi) is 9.62. The lowest BCUT2D eigenvalue weighted by atomic mass is 10.1. The Morgan fingerprint density at radius 2 is 1.72 bits per heavy atom. The van der Waals surface area contributed by atoms with Gasteiger partial charge in [0.25, 0.3) is 5.91 Å². The first-order valence-corrected chi connectivity index (χ1v) is 8.87. The number of hydrogen-bond acceptors (Lipinski definition) is 3. The van der Waals surface area contributed by atoms with E-state index in [0.29, 0.717) is 31.2 Å². The van der Waals surface area contributed by atoms with Gasteiger partial charge in [-0.3, -0.25) is 4.79 Å². The number of amides is 3. The molecule has 0 saturated carbocycles. The minimum absolute atomic E-state index is 0.0964. The predicted molar refractivity (Wildman–Crippen MR) is 99.6 cm³/mol. The predicted octanol–water partition coefficient (Wildman–Crippen LogP) is 2.69. The number of carbonyl (C=O) groups is 2. The van der Waals surface area contributed by atoms with Crippen molar-refractivity contribution >= 4 is 11.9 Å². The highest BCUT2D eigenvalue weighted by Crippen LogP contribution is 2.04. The molecule has 0 aliphatic rings. The Labute approximate surface area is 150 Å². The fourth-order valence-electron chi connectivity index (χ4n) is 2.07. The third-order valence-corrected chi connectivity index (χ3v) is 3.29. The number of rotatable bonds is 10. The Morgan fingerprint density at radius 3 is 2.32 bits per heavy atom. The lowest BCUT2D eigenvalue weighted by molar-refractivity contribution is 0.0925. The Bertz CT molecular complexity index is 527. The first kappa shape index (κ1) is 21.0. The summed E-state index contributed by atoms with van der Waals surface area (Å²) in [5, 5.41) is 8.42. The molecule has 0 fully saturated rings. The molecule has 0 radical (unpaired) electrons. The molecule has 3 N–H and O–H groups in total. The molecule has 0 atom stereocenters. The number of benzene rings is 1. The summed E-state index contributed by atoms with van der Waals surface area (Å²) < 4.78 is 5.48. The normalized spacial score (nSPS) is 10.8. The minimum atomic E-state index is -0.198. The van der Waals surface area contributed by atoms with Crippen molar-refractivity contribution in [1.82, 2.24) is 16.0 Å². The van der Waals surface area contributed by atoms with Crippen molar-refractivity contribution in [2.45, 2.75) is 46.7 Å². The van der Waals surface area contributed by atoms with Crippen LogP contribution in [0.25, 0.3) is 0 Å². The fourth-order valence-corrected chi connectivity index (χ4v) is 2.07. The zero-order valence-electron chi connectivity index (χ0n) is 15.7. The van der Waals surface area contributed by atoms with Gasteiger partial charge in [0.15, 0.2) is 0 Å². The van der Waals surface area contributed by atoms with Crippen LogP contribution in [-0.2, 0) is 11.3 Å². The van der Waals surface area contributed by atoms with Crippen molar-refractivity contribution in [3.63, 3.8) is 0 Å². The highest BCUT2D eigenvalue weighted by Gasteiger charge is 2.06. The van der Waals surface area contributed by atoms with E-state index in [2.05, 4.69) is 29.8 Å². The van der Waals surface area contributed by atoms with E-state index in [4.69, 9.17) is 4.74 Å². The van der Waals surface area contributed by atoms with Crippen LogP contribution in [0.1, 0.15) is 50.0 Å². The Balaban J connectivity index is 2.28. The van der Waals surface area contributed by atoms with Crippen LogP contribution in [0.4, 0.5) is 4.79 Å². The number of urea groups is 1. The van der Waals surface area contributed by atoms with E-state index < -0.39 is 0 Å². The van der Waals surface area contributed by atoms with E-state index in [-0.39, 0.29) is 18.0 Å². The van der Waals surface area contributed by atoms with Crippen molar-refractivity contribution < 1.29 is 14.3 Å². The number of nitrogens with one attached hydrogen (secondary N) is 3. The molecule has 3 amide bonds. The number of hydrogen-bond donors (Lipinski definition) is 3. The third-order valence-electron chi connectivity index (χ3n) is 3.29. The molecule has 0 bridgehead atoms. The van der Waals surface area contributed by atoms with Crippen LogP contribution in [0, 0.1) is 5.92 Å². The summed E-state index contributed by atoms with van der Waals surface area (Å²) >= 11 is 0. The van der Waals surface area contributed by atoms with Gasteiger partial charge < -0.3 is 20.7 Å². The molecule has 0 saturated heterocycles. The topological polar surface area (TPSA) is 79.5 Å². The minimum Gasteiger partial charge on any atom is -0.381 e. The molecule has 0 heterocycles. The standard InChI is InChI=1S/C19H31N3O3/c1-14(2)13-25-11-5-10-20-18(23)17-8-6-16(7-9-17)12-21-19(24)22-15(3)4/h6-9,14-15H,5,10-13H2,1-4H3,(H,20,23)(H2,21,22,24). The largest absolute Gasteiger partial charge is 0.381 e. The van der Waals surface area contributed by atoms with Crippen LogP contribution in [0.2, 0.25) is 0 Å². The molecule has 1 rings (SSSR count). The molecule has 1 aromatic rings. The van der Waals surface area contributed by atoms with E-state index in [9.17, 15) is 9.59 Å². The molecule has 1 aromatic carbocycles. The van der Waals surface area contributed by atoms with Crippen molar-refractivity contribution in [1.29, 1.82) is 0 Å². The van der Waals surface area contributed by atoms with Gasteiger partial charge in [0.2, 0.25) is 0 Å². The monoisotopic (exact) mass is 349 g/mol. The van der Waals surface area contributed by atoms with Gasteiger partial charge in [-0.15, -0.1) is 0 Å². The van der Waals surface area contributed by atoms with Crippen LogP contribution in [0.15, 0.2) is 24.3 Å². The summed E-state index contributed by atoms with van der Waals surface area (Å²) in [5.41, 5.74) is 1.55. The van der Waals surface area contributed by atoms with Crippen LogP contribution in [-0.4, -0.2) is 37.7 Å². The maximum absolute atomic E-state index is 12.1. The third kappa shape index (κ3) is 9.72. The first-order valence-electron chi connectivity index (χ1n) is 8.87. The molecule has 25 heavy (non-hydrogen) atoms. The van der Waals surface area contributed by atoms with Crippen molar-refractivity contribution in [3.8, 4) is 0 Å². The molecule has 0 aliphatic heterocycles. The van der Waals surface area contributed by atoms with Gasteiger partial charge in [-0.25, -0.2) is 4.79 Å². The Morgan fingerprint density at radius 1 is 1.04 bits per heavy atom. The van der Waals surface area contributed by atoms with E-state index in [1.165, 1.54) is 0 Å². The lowest BCUT2D eigenvalue weighted by Gasteiger charge is -2.10. The molecule has 0 aliphatic carbocycles. The molecule has 6 heteroatoms. The molecule has 140 valence electrons. The molecular formula is C19H31N3O3. The van der Waals surface area contributed by atoms with Gasteiger partial charge >= 0.3 is 6.03 Å². The number of carbonyl (C=O) groups excluding carboxylic acids is 2. The van der Waals surface area contributed by atoms with E-state index in [0.717, 1.165) is 18.6 Å². The summed E-state index contributed by atoms with van der Waals surface area (Å²) in [6.45, 7) is 10.5. The zero-order chi connectivity index (χ0) is 18.7. The van der Waals surface area contributed by atoms with E-state index >= 15 is 0 Å². The first-order chi connectivity index (χ1) is 11.9. The maximum atomic E-state index is 12.1. The molecule has 6 nitrogen and oxygen atoms in total. The Hall–Kier alpha value is -2.08. The van der Waals surface area contributed by atoms with Gasteiger partial charge in [-0.1, -0.05) is 26.0 Å². The molecular weight excluding hydrogens is 318 g/mol. The van der Waals surface area contributed by atoms with Gasteiger partial charge in [0.1, 0.15) is 0 Å². The lowest BCUT2D eigenvalue weighted by Crippen LogP contribution is -2.39. The SMILES string of the molecule is CC(C)COCCCNC(=O)c1ccc(CNC(=O)NC(C)C)cc1. The second-order valence-corrected chi connectivity index (χ2v) is 6.76. The van der Waals surface area contributed by atoms with Crippen molar-refractivity contribution in [2.75, 3.05) is 19.8 Å². The van der Waals surface area contributed by atoms with Crippen LogP contribution in [0.5, 0.6) is 0 Å². The van der Waals surface area contributed by atoms with Gasteiger partial charge in [-0.05, 0) is 43.9 Å². The molecule has 0 aromatic heterocycles. The average molecular weight is 349 g/mol. The highest BCUT2D eigenvalue weighted by atomic mass is 16.5. The average Bonchev–Trinajstić information content (AvgIpc) is 2.55. The smallest absolute Gasteiger partial charge is 0.315 e. The molecule has 0 spiro atoms. The van der Waals surface area contributed by atoms with Gasteiger partial charge in [0.05, 0.1) is 0 Å². The van der Waals surface area contributed by atoms with Crippen LogP contribution in [0.3, 0.4) is 0 Å². The van der Waals surface area contributed by atoms with Crippen molar-refractivity contribution in [2.24, 2.45) is 5.92 Å². The fraction of sp³-hybridized carbons (Fsp3) is 0.579. The van der Waals surface area contributed by atoms with Gasteiger partial charge in [-0.2, -0.15) is 0 Å². The second kappa shape index (κ2) is 11.5. The summed E-state index contributed by atoms with van der Waals surface area (Å²) in [6, 6.07) is 7.12. The highest BCUT2D eigenvalue weighted by molar-refractivity contribution is 5.94. The van der Waals surface area contributed by atoms with Crippen LogP contribution < -0.4 is 16.0 Å². The molecule has 0 unspecified atom stereocenters. The van der Waals surface area contributed by atoms with Gasteiger partial charge in [0, 0.05) is 37.9 Å². The number of ether oxygens (including phenoxy) is 1. The maximum Gasteiger partial charge on any atom is 0.315 e. The van der Waals surface area contributed by atoms with Crippen molar-refractivity contribution in [3.05, 3.63) is 35.4 Å². The summed E-state index contributed by atoms with van der Waals surface area (Å²) in [6.07, 6.45) is 0.797. The van der Waals surface area contributed by atoms with E-state index in [1.807, 2.05) is 26.0 Å². The van der Waals surface area contributed by atoms with Crippen LogP contribution >= 0.6 is 0 Å². The summed E-state index contributed by atoms with van der Waals surface area (Å²) in [5.74, 6) is 0.431. The van der Waals surface area contributed by atoms with E-state index in [1.54, 1.807) is 12.1 Å². The summed E-state index contributed by atoms with van der Waals surface area (Å²) in [4.78, 5) is 23.6. The summed E-state index contributed by atoms with van der Waals surface area (Å²) in [7, 11) is 0.